The molecule has 0 N–H and O–H groups in total. The van der Waals surface area contributed by atoms with Crippen LogP contribution >= 0.6 is 0 Å². The van der Waals surface area contributed by atoms with Crippen LogP contribution in [0, 0.1) is 91.8 Å². The molecule has 0 radical (unpaired) electrons. The predicted molar refractivity (Wildman–Crippen MR) is 55.0 cm³/mol. The molecule has 0 aliphatic rings. The van der Waals surface area contributed by atoms with E-state index < -0.39 is 0 Å². The van der Waals surface area contributed by atoms with Gasteiger partial charge in [0.25, 0.3) is 0 Å². The normalized spacial score (nSPS) is 3.79. The van der Waals surface area contributed by atoms with Gasteiger partial charge in [-0.15, -0.1) is 32.0 Å². The summed E-state index contributed by atoms with van der Waals surface area (Å²) in [6.45, 7) is 0. The molecule has 0 amide bonds. The summed E-state index contributed by atoms with van der Waals surface area (Å²) in [6, 6.07) is 0. The molecule has 0 aliphatic carbocycles. The van der Waals surface area contributed by atoms with Crippen molar-refractivity contribution in [2.75, 3.05) is 0 Å². The minimum Gasteiger partial charge on any atom is -0.444 e. The van der Waals surface area contributed by atoms with Crippen LogP contribution in [-0.2, 0) is 0 Å². The third-order valence-corrected chi connectivity index (χ3v) is 0. The third kappa shape index (κ3) is 431. The Morgan fingerprint density at radius 3 is 0.368 bits per heavy atom. The fourth-order valence-electron chi connectivity index (χ4n) is 0. The maximum absolute atomic E-state index is 8.00. The standard InChI is InChI=1S/6HNO2.U/c6*2-1-3;/h6*(H,2,3);/q;;;;;;+6/p-6. The molecule has 19 heteroatoms. The van der Waals surface area contributed by atoms with E-state index in [2.05, 4.69) is 0 Å². The summed E-state index contributed by atoms with van der Waals surface area (Å²) >= 11 is 0. The van der Waals surface area contributed by atoms with Crippen LogP contribution in [0.25, 0.3) is 0 Å². The van der Waals surface area contributed by atoms with Crippen LogP contribution in [0.15, 0.2) is 32.0 Å². The van der Waals surface area contributed by atoms with E-state index in [1.54, 1.807) is 0 Å². The van der Waals surface area contributed by atoms with Crippen LogP contribution in [0.1, 0.15) is 0 Å². The van der Waals surface area contributed by atoms with Gasteiger partial charge in [0.1, 0.15) is 0 Å². The largest absolute Gasteiger partial charge is 6.00 e. The van der Waals surface area contributed by atoms with Crippen LogP contribution < -0.4 is 0 Å². The fourth-order valence-corrected chi connectivity index (χ4v) is 0. The Kier molecular flexibility index (Phi) is 627. The van der Waals surface area contributed by atoms with Gasteiger partial charge in [-0.25, -0.2) is 0 Å². The molecular weight excluding hydrogens is 514 g/mol. The second-order valence-corrected chi connectivity index (χ2v) is 0.447. The predicted octanol–water partition coefficient (Wildman–Crippen LogP) is 1.50. The molecule has 0 aromatic rings. The molecule has 0 saturated heterocycles. The SMILES string of the molecule is O=N[O-].O=N[O-].O=N[O-].O=N[O-].O=N[O-].O=N[O-].[U+6]. The summed E-state index contributed by atoms with van der Waals surface area (Å²) < 4.78 is 0. The smallest absolute Gasteiger partial charge is 0.444 e. The number of rotatable bonds is 0. The molecule has 0 aromatic heterocycles. The zero-order valence-corrected chi connectivity index (χ0v) is 12.2. The molecule has 18 nitrogen and oxygen atoms in total. The van der Waals surface area contributed by atoms with Crippen molar-refractivity contribution in [3.8, 4) is 0 Å². The van der Waals surface area contributed by atoms with E-state index in [1.165, 1.54) is 0 Å². The Balaban J connectivity index is -0.0000000180. The van der Waals surface area contributed by atoms with E-state index in [0.29, 0.717) is 0 Å². The van der Waals surface area contributed by atoms with Crippen LogP contribution in [0.2, 0.25) is 0 Å². The first-order chi connectivity index (χ1) is 8.49. The van der Waals surface area contributed by atoms with E-state index in [1.807, 2.05) is 0 Å². The molecule has 19 heavy (non-hydrogen) atoms. The number of hydrogen-bond acceptors (Lipinski definition) is 18. The molecule has 0 aromatic carbocycles. The first kappa shape index (κ1) is 44.0. The van der Waals surface area contributed by atoms with E-state index in [9.17, 15) is 0 Å². The molecule has 0 heterocycles. The average molecular weight is 514 g/mol. The molecular formula is N6O12U. The fraction of sp³-hybridized carbons (Fsp3) is 0. The van der Waals surface area contributed by atoms with Gasteiger partial charge in [-0.3, -0.25) is 0 Å². The van der Waals surface area contributed by atoms with Crippen molar-refractivity contribution in [1.82, 2.24) is 0 Å². The van der Waals surface area contributed by atoms with E-state index in [0.717, 1.165) is 32.0 Å². The zero-order valence-electron chi connectivity index (χ0n) is 8.08. The first-order valence-corrected chi connectivity index (χ1v) is 2.19. The minimum absolute atomic E-state index is 0. The van der Waals surface area contributed by atoms with Gasteiger partial charge >= 0.3 is 31.1 Å². The Morgan fingerprint density at radius 1 is 0.368 bits per heavy atom. The van der Waals surface area contributed by atoms with Crippen LogP contribution in [-0.4, -0.2) is 0 Å². The Hall–Kier alpha value is -2.55. The van der Waals surface area contributed by atoms with E-state index in [-0.39, 0.29) is 31.1 Å². The Bertz CT molecular complexity index is 114. The molecule has 0 atom stereocenters. The van der Waals surface area contributed by atoms with Crippen molar-refractivity contribution in [3.05, 3.63) is 60.7 Å². The van der Waals surface area contributed by atoms with Gasteiger partial charge in [0, 0.05) is 0 Å². The topological polar surface area (TPSA) is 315 Å². The molecule has 0 aliphatic heterocycles. The molecule has 0 fully saturated rings. The first-order valence-electron chi connectivity index (χ1n) is 2.19. The minimum atomic E-state index is 0. The number of nitrogens with zero attached hydrogens (tertiary/aromatic N) is 6. The van der Waals surface area contributed by atoms with Gasteiger partial charge in [-0.2, -0.15) is 0 Å². The van der Waals surface area contributed by atoms with Crippen molar-refractivity contribution >= 4 is 0 Å². The van der Waals surface area contributed by atoms with Gasteiger partial charge in [-0.1, -0.05) is 0 Å². The van der Waals surface area contributed by atoms with E-state index >= 15 is 0 Å². The van der Waals surface area contributed by atoms with Gasteiger partial charge in [-0.05, 0) is 0 Å². The van der Waals surface area contributed by atoms with Gasteiger partial charge in [0.2, 0.25) is 0 Å². The second kappa shape index (κ2) is 271. The summed E-state index contributed by atoms with van der Waals surface area (Å²) in [5.41, 5.74) is 0. The van der Waals surface area contributed by atoms with Crippen LogP contribution in [0.3, 0.4) is 0 Å². The van der Waals surface area contributed by atoms with Gasteiger partial charge in [0.05, 0.1) is 0 Å². The molecule has 0 rings (SSSR count). The van der Waals surface area contributed by atoms with Gasteiger partial charge < -0.3 is 60.7 Å². The summed E-state index contributed by atoms with van der Waals surface area (Å²) in [5, 5.41) is 54.0. The molecule has 0 spiro atoms. The maximum Gasteiger partial charge on any atom is 6.00 e. The molecule has 106 valence electrons. The summed E-state index contributed by atoms with van der Waals surface area (Å²) in [4.78, 5) is 48.0. The monoisotopic (exact) mass is 514 g/mol. The Morgan fingerprint density at radius 2 is 0.368 bits per heavy atom. The van der Waals surface area contributed by atoms with Crippen molar-refractivity contribution in [2.45, 2.75) is 0 Å². The molecule has 0 bridgehead atoms. The molecule has 0 saturated carbocycles. The van der Waals surface area contributed by atoms with E-state index in [4.69, 9.17) is 60.7 Å². The quantitative estimate of drug-likeness (QED) is 0.328. The average Bonchev–Trinajstić information content (AvgIpc) is 2.23. The summed E-state index contributed by atoms with van der Waals surface area (Å²) in [6.07, 6.45) is 0. The third-order valence-electron chi connectivity index (χ3n) is 0. The van der Waals surface area contributed by atoms with Crippen molar-refractivity contribution in [1.29, 1.82) is 0 Å². The number of hydrogen-bond donors (Lipinski definition) is 0. The summed E-state index contributed by atoms with van der Waals surface area (Å²) in [7, 11) is 0. The zero-order chi connectivity index (χ0) is 16.2. The van der Waals surface area contributed by atoms with Crippen LogP contribution in [0.5, 0.6) is 0 Å². The van der Waals surface area contributed by atoms with Crippen LogP contribution in [0.4, 0.5) is 0 Å². The molecule has 0 unspecified atom stereocenters. The van der Waals surface area contributed by atoms with Gasteiger partial charge in [0.15, 0.2) is 0 Å². The van der Waals surface area contributed by atoms with Crippen molar-refractivity contribution in [2.24, 2.45) is 32.0 Å². The summed E-state index contributed by atoms with van der Waals surface area (Å²) in [5.74, 6) is 0. The van der Waals surface area contributed by atoms with Crippen molar-refractivity contribution in [3.63, 3.8) is 0 Å². The maximum atomic E-state index is 8.00. The van der Waals surface area contributed by atoms with Crippen molar-refractivity contribution < 1.29 is 31.1 Å². The second-order valence-electron chi connectivity index (χ2n) is 0.447. The Labute approximate surface area is 124 Å².